The lowest BCUT2D eigenvalue weighted by atomic mass is 9.76. The molecule has 0 aliphatic heterocycles. The van der Waals surface area contributed by atoms with Gasteiger partial charge in [0.2, 0.25) is 0 Å². The molecule has 1 rings (SSSR count). The number of rotatable bonds is 2. The van der Waals surface area contributed by atoms with Crippen molar-refractivity contribution in [3.63, 3.8) is 0 Å². The van der Waals surface area contributed by atoms with E-state index in [1.165, 1.54) is 12.8 Å². The van der Waals surface area contributed by atoms with Crippen LogP contribution < -0.4 is 0 Å². The van der Waals surface area contributed by atoms with Gasteiger partial charge >= 0.3 is 0 Å². The van der Waals surface area contributed by atoms with Crippen molar-refractivity contribution in [2.24, 2.45) is 5.41 Å². The summed E-state index contributed by atoms with van der Waals surface area (Å²) in [5.74, 6) is 0.385. The standard InChI is InChI=1S/C16H32O2Si/c1-15(2,3)19(6,7)18-14-12-10-8-9-11-13(17)16(14,4)5/h14H,8-12H2,1-7H3/t14-/m0/s1. The second-order valence-corrected chi connectivity index (χ2v) is 12.9. The summed E-state index contributed by atoms with van der Waals surface area (Å²) < 4.78 is 6.58. The Balaban J connectivity index is 2.92. The highest BCUT2D eigenvalue weighted by molar-refractivity contribution is 6.74. The van der Waals surface area contributed by atoms with Crippen LogP contribution in [0.5, 0.6) is 0 Å². The van der Waals surface area contributed by atoms with E-state index in [-0.39, 0.29) is 16.6 Å². The summed E-state index contributed by atoms with van der Waals surface area (Å²) in [5.41, 5.74) is -0.323. The molecule has 0 N–H and O–H groups in total. The summed E-state index contributed by atoms with van der Waals surface area (Å²) in [7, 11) is -1.80. The Kier molecular flexibility index (Phi) is 5.06. The minimum atomic E-state index is -1.80. The summed E-state index contributed by atoms with van der Waals surface area (Å²) in [6.45, 7) is 15.5. The lowest BCUT2D eigenvalue weighted by Gasteiger charge is -2.44. The summed E-state index contributed by atoms with van der Waals surface area (Å²) >= 11 is 0. The average Bonchev–Trinajstić information content (AvgIpc) is 2.23. The van der Waals surface area contributed by atoms with E-state index in [0.29, 0.717) is 5.78 Å². The predicted molar refractivity (Wildman–Crippen MR) is 83.9 cm³/mol. The van der Waals surface area contributed by atoms with Crippen LogP contribution in [0, 0.1) is 5.41 Å². The molecule has 1 atom stereocenters. The maximum Gasteiger partial charge on any atom is 0.192 e. The Bertz CT molecular complexity index is 326. The maximum atomic E-state index is 12.4. The fourth-order valence-corrected chi connectivity index (χ4v) is 3.87. The highest BCUT2D eigenvalue weighted by Crippen LogP contribution is 2.42. The summed E-state index contributed by atoms with van der Waals surface area (Å²) in [6.07, 6.45) is 5.26. The molecule has 1 aliphatic rings. The first-order chi connectivity index (χ1) is 8.48. The SMILES string of the molecule is CC1(C)C(=O)CCCCC[C@@H]1O[Si](C)(C)C(C)(C)C. The van der Waals surface area contributed by atoms with E-state index in [9.17, 15) is 4.79 Å². The van der Waals surface area contributed by atoms with Crippen LogP contribution in [0.3, 0.4) is 0 Å². The zero-order chi connectivity index (χ0) is 14.9. The summed E-state index contributed by atoms with van der Waals surface area (Å²) in [4.78, 5) is 12.4. The molecule has 0 radical (unpaired) electrons. The first-order valence-corrected chi connectivity index (χ1v) is 10.6. The lowest BCUT2D eigenvalue weighted by Crippen LogP contribution is -2.50. The first kappa shape index (κ1) is 16.9. The lowest BCUT2D eigenvalue weighted by molar-refractivity contribution is -0.133. The second-order valence-electron chi connectivity index (χ2n) is 8.11. The third kappa shape index (κ3) is 3.91. The highest BCUT2D eigenvalue weighted by atomic mass is 28.4. The van der Waals surface area contributed by atoms with Crippen molar-refractivity contribution in [3.8, 4) is 0 Å². The fraction of sp³-hybridized carbons (Fsp3) is 0.938. The average molecular weight is 285 g/mol. The van der Waals surface area contributed by atoms with E-state index in [1.54, 1.807) is 0 Å². The normalized spacial score (nSPS) is 25.8. The monoisotopic (exact) mass is 284 g/mol. The molecule has 0 aromatic heterocycles. The molecular weight excluding hydrogens is 252 g/mol. The molecule has 1 aliphatic carbocycles. The molecular formula is C16H32O2Si. The van der Waals surface area contributed by atoms with Gasteiger partial charge in [-0.2, -0.15) is 0 Å². The van der Waals surface area contributed by atoms with E-state index < -0.39 is 8.32 Å². The predicted octanol–water partition coefficient (Wildman–Crippen LogP) is 4.94. The maximum absolute atomic E-state index is 12.4. The van der Waals surface area contributed by atoms with Crippen molar-refractivity contribution in [2.75, 3.05) is 0 Å². The van der Waals surface area contributed by atoms with Crippen LogP contribution in [0.4, 0.5) is 0 Å². The van der Waals surface area contributed by atoms with E-state index in [2.05, 4.69) is 47.7 Å². The van der Waals surface area contributed by atoms with Crippen LogP contribution in [0.15, 0.2) is 0 Å². The zero-order valence-corrected chi connectivity index (χ0v) is 14.9. The molecule has 3 heteroatoms. The van der Waals surface area contributed by atoms with Crippen LogP contribution in [0.2, 0.25) is 18.1 Å². The smallest absolute Gasteiger partial charge is 0.192 e. The fourth-order valence-electron chi connectivity index (χ4n) is 2.39. The van der Waals surface area contributed by atoms with Gasteiger partial charge in [-0.3, -0.25) is 4.79 Å². The number of carbonyl (C=O) groups excluding carboxylic acids is 1. The minimum absolute atomic E-state index is 0.0983. The Morgan fingerprint density at radius 1 is 1.16 bits per heavy atom. The third-order valence-corrected chi connectivity index (χ3v) is 9.62. The molecule has 2 nitrogen and oxygen atoms in total. The van der Waals surface area contributed by atoms with E-state index in [4.69, 9.17) is 4.43 Å². The van der Waals surface area contributed by atoms with Crippen molar-refractivity contribution >= 4 is 14.1 Å². The van der Waals surface area contributed by atoms with Gasteiger partial charge in [0.15, 0.2) is 8.32 Å². The van der Waals surface area contributed by atoms with Crippen molar-refractivity contribution in [2.45, 2.75) is 91.0 Å². The molecule has 0 heterocycles. The van der Waals surface area contributed by atoms with Crippen molar-refractivity contribution in [3.05, 3.63) is 0 Å². The van der Waals surface area contributed by atoms with Gasteiger partial charge in [0.05, 0.1) is 6.10 Å². The van der Waals surface area contributed by atoms with E-state index in [0.717, 1.165) is 19.3 Å². The van der Waals surface area contributed by atoms with Gasteiger partial charge in [-0.25, -0.2) is 0 Å². The van der Waals surface area contributed by atoms with Crippen LogP contribution in [-0.4, -0.2) is 20.2 Å². The van der Waals surface area contributed by atoms with E-state index >= 15 is 0 Å². The van der Waals surface area contributed by atoms with Crippen LogP contribution in [-0.2, 0) is 9.22 Å². The van der Waals surface area contributed by atoms with Crippen LogP contribution in [0.1, 0.15) is 66.7 Å². The minimum Gasteiger partial charge on any atom is -0.413 e. The number of ketones is 1. The largest absolute Gasteiger partial charge is 0.413 e. The van der Waals surface area contributed by atoms with Gasteiger partial charge in [-0.15, -0.1) is 0 Å². The van der Waals surface area contributed by atoms with Crippen molar-refractivity contribution in [1.29, 1.82) is 0 Å². The molecule has 112 valence electrons. The second kappa shape index (κ2) is 5.69. The molecule has 0 unspecified atom stereocenters. The Morgan fingerprint density at radius 3 is 2.26 bits per heavy atom. The molecule has 0 spiro atoms. The molecule has 19 heavy (non-hydrogen) atoms. The molecule has 0 aromatic carbocycles. The van der Waals surface area contributed by atoms with Gasteiger partial charge in [-0.1, -0.05) is 47.5 Å². The topological polar surface area (TPSA) is 26.3 Å². The van der Waals surface area contributed by atoms with Gasteiger partial charge in [-0.05, 0) is 31.0 Å². The molecule has 1 fully saturated rings. The van der Waals surface area contributed by atoms with Gasteiger partial charge in [0, 0.05) is 11.8 Å². The zero-order valence-electron chi connectivity index (χ0n) is 13.9. The Hall–Kier alpha value is -0.153. The van der Waals surface area contributed by atoms with Gasteiger partial charge in [0.1, 0.15) is 5.78 Å². The van der Waals surface area contributed by atoms with Crippen molar-refractivity contribution in [1.82, 2.24) is 0 Å². The van der Waals surface area contributed by atoms with Gasteiger partial charge < -0.3 is 4.43 Å². The number of Topliss-reactive ketones (excluding diaryl/α,β-unsaturated/α-hetero) is 1. The highest BCUT2D eigenvalue weighted by Gasteiger charge is 2.45. The van der Waals surface area contributed by atoms with Crippen molar-refractivity contribution < 1.29 is 9.22 Å². The Morgan fingerprint density at radius 2 is 1.74 bits per heavy atom. The third-order valence-electron chi connectivity index (χ3n) is 5.14. The first-order valence-electron chi connectivity index (χ1n) is 7.69. The number of carbonyl (C=O) groups is 1. The molecule has 0 bridgehead atoms. The Labute approximate surface area is 120 Å². The molecule has 0 aromatic rings. The number of hydrogen-bond acceptors (Lipinski definition) is 2. The number of hydrogen-bond donors (Lipinski definition) is 0. The summed E-state index contributed by atoms with van der Waals surface area (Å²) in [5, 5.41) is 0.203. The summed E-state index contributed by atoms with van der Waals surface area (Å²) in [6, 6.07) is 0. The van der Waals surface area contributed by atoms with E-state index in [1.807, 2.05) is 0 Å². The molecule has 0 amide bonds. The molecule has 1 saturated carbocycles. The quantitative estimate of drug-likeness (QED) is 0.672. The molecule has 0 saturated heterocycles. The van der Waals surface area contributed by atoms with Gasteiger partial charge in [0.25, 0.3) is 0 Å². The van der Waals surface area contributed by atoms with Crippen LogP contribution in [0.25, 0.3) is 0 Å². The van der Waals surface area contributed by atoms with Crippen LogP contribution >= 0.6 is 0 Å².